The van der Waals surface area contributed by atoms with Crippen molar-refractivity contribution in [2.24, 2.45) is 0 Å². The van der Waals surface area contributed by atoms with Gasteiger partial charge in [-0.3, -0.25) is 10.1 Å². The van der Waals surface area contributed by atoms with Crippen LogP contribution in [0.5, 0.6) is 5.75 Å². The average Bonchev–Trinajstić information content (AvgIpc) is 2.95. The number of carbonyl (C=O) groups is 4. The van der Waals surface area contributed by atoms with Crippen LogP contribution in [-0.4, -0.2) is 108 Å². The number of aliphatic hydroxyl groups excluding tert-OH is 1. The van der Waals surface area contributed by atoms with Crippen LogP contribution in [0.2, 0.25) is 0 Å². The van der Waals surface area contributed by atoms with Crippen LogP contribution in [0.15, 0.2) is 12.1 Å². The van der Waals surface area contributed by atoms with Gasteiger partial charge in [0.1, 0.15) is 34.2 Å². The minimum absolute atomic E-state index is 0.153. The molecule has 252 valence electrons. The van der Waals surface area contributed by atoms with Gasteiger partial charge in [-0.25, -0.2) is 19.2 Å². The predicted octanol–water partition coefficient (Wildman–Crippen LogP) is 4.32. The number of nitrogens with zero attached hydrogens (tertiary/aromatic N) is 3. The van der Waals surface area contributed by atoms with E-state index in [1.807, 2.05) is 20.8 Å². The van der Waals surface area contributed by atoms with Crippen molar-refractivity contribution in [1.82, 2.24) is 9.80 Å². The summed E-state index contributed by atoms with van der Waals surface area (Å²) in [6.45, 7) is 12.7. The van der Waals surface area contributed by atoms with Crippen molar-refractivity contribution < 1.29 is 52.9 Å². The van der Waals surface area contributed by atoms with Gasteiger partial charge >= 0.3 is 24.1 Å². The van der Waals surface area contributed by atoms with Crippen molar-refractivity contribution in [3.8, 4) is 5.75 Å². The van der Waals surface area contributed by atoms with E-state index in [1.54, 1.807) is 30.6 Å². The van der Waals surface area contributed by atoms with E-state index < -0.39 is 45.9 Å². The molecule has 2 fully saturated rings. The monoisotopic (exact) mass is 639 g/mol. The number of esters is 2. The number of rotatable bonds is 5. The number of nitro groups is 1. The Labute approximate surface area is 262 Å². The van der Waals surface area contributed by atoms with Gasteiger partial charge in [0, 0.05) is 51.2 Å². The third kappa shape index (κ3) is 11.7. The van der Waals surface area contributed by atoms with Crippen LogP contribution in [0.4, 0.5) is 15.3 Å². The topological polar surface area (TPSA) is 184 Å². The molecule has 15 heteroatoms. The molecule has 15 nitrogen and oxygen atoms in total. The third-order valence-electron chi connectivity index (χ3n) is 6.59. The van der Waals surface area contributed by atoms with Crippen molar-refractivity contribution in [2.75, 3.05) is 40.4 Å². The third-order valence-corrected chi connectivity index (χ3v) is 6.59. The van der Waals surface area contributed by atoms with Gasteiger partial charge < -0.3 is 38.6 Å². The minimum atomic E-state index is -0.893. The Hall–Kier alpha value is -4.14. The van der Waals surface area contributed by atoms with Crippen LogP contribution < -0.4 is 4.74 Å². The number of hydrogen-bond acceptors (Lipinski definition) is 12. The molecule has 0 spiro atoms. The van der Waals surface area contributed by atoms with E-state index in [1.165, 1.54) is 0 Å². The molecule has 1 aromatic rings. The van der Waals surface area contributed by atoms with Crippen molar-refractivity contribution in [1.29, 1.82) is 0 Å². The van der Waals surface area contributed by atoms with E-state index in [-0.39, 0.29) is 29.1 Å². The highest BCUT2D eigenvalue weighted by Gasteiger charge is 2.32. The van der Waals surface area contributed by atoms with Gasteiger partial charge in [0.25, 0.3) is 5.69 Å². The quantitative estimate of drug-likeness (QED) is 0.209. The molecule has 2 aliphatic heterocycles. The molecule has 0 radical (unpaired) electrons. The highest BCUT2D eigenvalue weighted by molar-refractivity contribution is 6.01. The zero-order chi connectivity index (χ0) is 34.1. The Morgan fingerprint density at radius 1 is 0.778 bits per heavy atom. The zero-order valence-electron chi connectivity index (χ0n) is 27.2. The zero-order valence-corrected chi connectivity index (χ0v) is 27.2. The first-order chi connectivity index (χ1) is 20.8. The number of ether oxygens (including phenoxy) is 5. The number of nitro benzene ring substituents is 1. The van der Waals surface area contributed by atoms with Gasteiger partial charge in [-0.1, -0.05) is 0 Å². The molecule has 0 saturated carbocycles. The van der Waals surface area contributed by atoms with E-state index in [0.717, 1.165) is 26.4 Å². The van der Waals surface area contributed by atoms with Crippen molar-refractivity contribution in [3.05, 3.63) is 33.4 Å². The molecule has 2 heterocycles. The molecule has 45 heavy (non-hydrogen) atoms. The predicted molar refractivity (Wildman–Crippen MR) is 160 cm³/mol. The lowest BCUT2D eigenvalue weighted by Crippen LogP contribution is -2.44. The van der Waals surface area contributed by atoms with Crippen molar-refractivity contribution in [2.45, 2.75) is 90.6 Å². The SMILES string of the molecule is CC(C)(C)OC(=O)N1CCC(O)CC1.COC(=O)c1cc([N+](=O)[O-])cc(C(=O)OC)c1OC1CCN(C(=O)OC(C)(C)C)CC1. The van der Waals surface area contributed by atoms with Gasteiger partial charge in [-0.15, -0.1) is 0 Å². The van der Waals surface area contributed by atoms with Gasteiger partial charge in [0.05, 0.1) is 25.2 Å². The van der Waals surface area contributed by atoms with Crippen LogP contribution >= 0.6 is 0 Å². The Bertz CT molecular complexity index is 1180. The molecule has 1 aromatic carbocycles. The van der Waals surface area contributed by atoms with E-state index in [0.29, 0.717) is 51.9 Å². The van der Waals surface area contributed by atoms with Gasteiger partial charge in [0.15, 0.2) is 0 Å². The van der Waals surface area contributed by atoms with E-state index in [2.05, 4.69) is 0 Å². The van der Waals surface area contributed by atoms with E-state index in [9.17, 15) is 34.4 Å². The molecule has 1 N–H and O–H groups in total. The van der Waals surface area contributed by atoms with E-state index >= 15 is 0 Å². The maximum Gasteiger partial charge on any atom is 0.410 e. The first-order valence-electron chi connectivity index (χ1n) is 14.6. The van der Waals surface area contributed by atoms with Gasteiger partial charge in [0.2, 0.25) is 0 Å². The summed E-state index contributed by atoms with van der Waals surface area (Å²) in [5.74, 6) is -1.94. The number of hydrogen-bond donors (Lipinski definition) is 1. The fraction of sp³-hybridized carbons (Fsp3) is 0.667. The van der Waals surface area contributed by atoms with Crippen LogP contribution in [0.3, 0.4) is 0 Å². The average molecular weight is 640 g/mol. The van der Waals surface area contributed by atoms with Crippen LogP contribution in [0.1, 0.15) is 87.9 Å². The van der Waals surface area contributed by atoms with Crippen LogP contribution in [0.25, 0.3) is 0 Å². The fourth-order valence-corrected chi connectivity index (χ4v) is 4.39. The molecule has 2 amide bonds. The highest BCUT2D eigenvalue weighted by atomic mass is 16.6. The largest absolute Gasteiger partial charge is 0.488 e. The summed E-state index contributed by atoms with van der Waals surface area (Å²) < 4.78 is 25.9. The van der Waals surface area contributed by atoms with Gasteiger partial charge in [-0.2, -0.15) is 0 Å². The number of methoxy groups -OCH3 is 2. The number of carbonyl (C=O) groups excluding carboxylic acids is 4. The number of aliphatic hydroxyl groups is 1. The van der Waals surface area contributed by atoms with Crippen molar-refractivity contribution in [3.63, 3.8) is 0 Å². The second kappa shape index (κ2) is 15.7. The summed E-state index contributed by atoms with van der Waals surface area (Å²) in [5, 5.41) is 20.5. The Morgan fingerprint density at radius 2 is 1.16 bits per heavy atom. The maximum atomic E-state index is 12.2. The molecular weight excluding hydrogens is 594 g/mol. The molecule has 0 aliphatic carbocycles. The molecule has 2 aliphatic rings. The molecule has 2 saturated heterocycles. The lowest BCUT2D eigenvalue weighted by atomic mass is 10.0. The first kappa shape index (κ1) is 37.0. The molecule has 0 atom stereocenters. The molecule has 0 aromatic heterocycles. The smallest absolute Gasteiger partial charge is 0.410 e. The second-order valence-corrected chi connectivity index (χ2v) is 12.6. The summed E-state index contributed by atoms with van der Waals surface area (Å²) in [6.07, 6.45) is 0.685. The molecule has 3 rings (SSSR count). The normalized spacial score (nSPS) is 16.1. The molecular formula is C30H45N3O12. The lowest BCUT2D eigenvalue weighted by Gasteiger charge is -2.33. The molecule has 0 unspecified atom stereocenters. The number of non-ortho nitro benzene ring substituents is 1. The fourth-order valence-electron chi connectivity index (χ4n) is 4.39. The lowest BCUT2D eigenvalue weighted by molar-refractivity contribution is -0.384. The first-order valence-corrected chi connectivity index (χ1v) is 14.6. The maximum absolute atomic E-state index is 12.2. The van der Waals surface area contributed by atoms with E-state index in [4.69, 9.17) is 23.7 Å². The molecule has 0 bridgehead atoms. The highest BCUT2D eigenvalue weighted by Crippen LogP contribution is 2.33. The van der Waals surface area contributed by atoms with Gasteiger partial charge in [-0.05, 0) is 54.4 Å². The number of piperidine rings is 2. The summed E-state index contributed by atoms with van der Waals surface area (Å²) in [7, 11) is 2.23. The number of benzene rings is 1. The van der Waals surface area contributed by atoms with Crippen LogP contribution in [-0.2, 0) is 18.9 Å². The number of likely N-dealkylation sites (tertiary alicyclic amines) is 2. The Kier molecular flexibility index (Phi) is 13.0. The Morgan fingerprint density at radius 3 is 1.49 bits per heavy atom. The summed E-state index contributed by atoms with van der Waals surface area (Å²) in [6, 6.07) is 1.98. The second-order valence-electron chi connectivity index (χ2n) is 12.6. The summed E-state index contributed by atoms with van der Waals surface area (Å²) in [4.78, 5) is 61.9. The summed E-state index contributed by atoms with van der Waals surface area (Å²) >= 11 is 0. The standard InChI is InChI=1S/C20H26N2O9.C10H19NO3/c1-20(2,3)31-19(25)21-8-6-13(7-9-21)30-16-14(17(23)28-4)10-12(22(26)27)11-15(16)18(24)29-5;1-10(2,3)14-9(13)11-6-4-8(12)5-7-11/h10-11,13H,6-9H2,1-5H3;8,12H,4-7H2,1-3H3. The number of amides is 2. The summed E-state index contributed by atoms with van der Waals surface area (Å²) in [5.41, 5.74) is -2.05. The minimum Gasteiger partial charge on any atom is -0.488 e. The van der Waals surface area contributed by atoms with Crippen LogP contribution in [0, 0.1) is 10.1 Å². The van der Waals surface area contributed by atoms with Crippen molar-refractivity contribution >= 4 is 29.8 Å². The Balaban J connectivity index is 0.000000420.